The van der Waals surface area contributed by atoms with Crippen LogP contribution < -0.4 is 15.8 Å². The molecule has 2 amide bonds. The van der Waals surface area contributed by atoms with Crippen LogP contribution in [0, 0.1) is 0 Å². The summed E-state index contributed by atoms with van der Waals surface area (Å²) in [6.07, 6.45) is 3.61. The number of ether oxygens (including phenoxy) is 1. The van der Waals surface area contributed by atoms with Gasteiger partial charge in [0.15, 0.2) is 6.61 Å². The molecule has 0 spiro atoms. The number of carbonyl (C=O) groups is 2. The van der Waals surface area contributed by atoms with Crippen molar-refractivity contribution in [1.82, 2.24) is 0 Å². The van der Waals surface area contributed by atoms with E-state index in [1.807, 2.05) is 25.1 Å². The van der Waals surface area contributed by atoms with Gasteiger partial charge in [-0.3, -0.25) is 9.59 Å². The van der Waals surface area contributed by atoms with Gasteiger partial charge < -0.3 is 15.8 Å². The third kappa shape index (κ3) is 3.88. The van der Waals surface area contributed by atoms with Crippen molar-refractivity contribution in [2.45, 2.75) is 32.6 Å². The van der Waals surface area contributed by atoms with Crippen LogP contribution >= 0.6 is 27.3 Å². The Morgan fingerprint density at radius 2 is 2.16 bits per heavy atom. The number of nitrogens with two attached hydrogens (primary N) is 1. The van der Waals surface area contributed by atoms with Crippen LogP contribution in [-0.2, 0) is 24.1 Å². The molecule has 1 aliphatic carbocycles. The van der Waals surface area contributed by atoms with Crippen molar-refractivity contribution in [2.24, 2.45) is 5.73 Å². The molecule has 2 aromatic rings. The monoisotopic (exact) mass is 422 g/mol. The van der Waals surface area contributed by atoms with Crippen molar-refractivity contribution in [1.29, 1.82) is 0 Å². The van der Waals surface area contributed by atoms with Crippen LogP contribution in [0.5, 0.6) is 5.75 Å². The molecule has 132 valence electrons. The number of primary amides is 1. The molecule has 0 saturated carbocycles. The van der Waals surface area contributed by atoms with Crippen LogP contribution in [0.3, 0.4) is 0 Å². The average molecular weight is 423 g/mol. The van der Waals surface area contributed by atoms with E-state index >= 15 is 0 Å². The van der Waals surface area contributed by atoms with Crippen molar-refractivity contribution in [3.8, 4) is 5.75 Å². The number of halogens is 1. The first-order valence-electron chi connectivity index (χ1n) is 8.15. The van der Waals surface area contributed by atoms with E-state index in [4.69, 9.17) is 10.5 Å². The first kappa shape index (κ1) is 17.9. The number of amides is 2. The van der Waals surface area contributed by atoms with E-state index in [0.717, 1.165) is 46.2 Å². The lowest BCUT2D eigenvalue weighted by Crippen LogP contribution is -2.22. The fourth-order valence-corrected chi connectivity index (χ4v) is 4.74. The Labute approximate surface area is 158 Å². The van der Waals surface area contributed by atoms with Crippen LogP contribution in [0.4, 0.5) is 5.00 Å². The van der Waals surface area contributed by atoms with Gasteiger partial charge in [0.2, 0.25) is 0 Å². The molecular formula is C18H19BrN2O3S. The number of rotatable bonds is 6. The van der Waals surface area contributed by atoms with Gasteiger partial charge >= 0.3 is 0 Å². The summed E-state index contributed by atoms with van der Waals surface area (Å²) in [6, 6.07) is 5.69. The first-order valence-corrected chi connectivity index (χ1v) is 9.76. The largest absolute Gasteiger partial charge is 0.483 e. The van der Waals surface area contributed by atoms with Gasteiger partial charge in [-0.25, -0.2) is 0 Å². The number of fused-ring (bicyclic) bond motifs is 1. The van der Waals surface area contributed by atoms with Crippen molar-refractivity contribution in [3.05, 3.63) is 44.2 Å². The number of carbonyl (C=O) groups excluding carboxylic acids is 2. The lowest BCUT2D eigenvalue weighted by atomic mass is 10.1. The molecule has 1 aromatic heterocycles. The van der Waals surface area contributed by atoms with Gasteiger partial charge in [-0.05, 0) is 55.0 Å². The molecule has 7 heteroatoms. The Kier molecular flexibility index (Phi) is 5.44. The molecule has 0 saturated heterocycles. The van der Waals surface area contributed by atoms with Crippen molar-refractivity contribution >= 4 is 44.1 Å². The summed E-state index contributed by atoms with van der Waals surface area (Å²) in [7, 11) is 0. The minimum absolute atomic E-state index is 0.116. The number of hydrogen-bond acceptors (Lipinski definition) is 4. The van der Waals surface area contributed by atoms with Crippen LogP contribution in [0.2, 0.25) is 0 Å². The van der Waals surface area contributed by atoms with Gasteiger partial charge in [-0.1, -0.05) is 22.9 Å². The molecule has 0 aliphatic heterocycles. The molecule has 1 aromatic carbocycles. The number of nitrogens with one attached hydrogen (secondary N) is 1. The number of hydrogen-bond donors (Lipinski definition) is 2. The fraction of sp³-hybridized carbons (Fsp3) is 0.333. The van der Waals surface area contributed by atoms with Gasteiger partial charge in [-0.2, -0.15) is 0 Å². The fourth-order valence-electron chi connectivity index (χ4n) is 3.02. The van der Waals surface area contributed by atoms with Gasteiger partial charge in [0, 0.05) is 9.35 Å². The van der Waals surface area contributed by atoms with Crippen LogP contribution in [0.1, 0.15) is 39.7 Å². The molecule has 0 fully saturated rings. The molecule has 1 aliphatic rings. The summed E-state index contributed by atoms with van der Waals surface area (Å²) in [5, 5.41) is 3.32. The average Bonchev–Trinajstić information content (AvgIpc) is 3.13. The summed E-state index contributed by atoms with van der Waals surface area (Å²) in [4.78, 5) is 25.2. The normalized spacial score (nSPS) is 12.7. The third-order valence-electron chi connectivity index (χ3n) is 4.18. The number of anilines is 1. The Balaban J connectivity index is 1.69. The smallest absolute Gasteiger partial charge is 0.262 e. The first-order chi connectivity index (χ1) is 12.0. The number of aryl methyl sites for hydroxylation is 2. The third-order valence-corrected chi connectivity index (χ3v) is 5.88. The Bertz CT molecular complexity index is 832. The van der Waals surface area contributed by atoms with E-state index in [2.05, 4.69) is 21.2 Å². The predicted molar refractivity (Wildman–Crippen MR) is 103 cm³/mol. The molecule has 1 heterocycles. The highest BCUT2D eigenvalue weighted by Gasteiger charge is 2.26. The van der Waals surface area contributed by atoms with Crippen LogP contribution in [0.15, 0.2) is 22.7 Å². The van der Waals surface area contributed by atoms with Crippen molar-refractivity contribution in [2.75, 3.05) is 11.9 Å². The molecule has 25 heavy (non-hydrogen) atoms. The van der Waals surface area contributed by atoms with E-state index in [-0.39, 0.29) is 12.5 Å². The Morgan fingerprint density at radius 1 is 1.36 bits per heavy atom. The second kappa shape index (κ2) is 7.58. The summed E-state index contributed by atoms with van der Waals surface area (Å²) in [6.45, 7) is 1.91. The molecule has 5 nitrogen and oxygen atoms in total. The minimum atomic E-state index is -0.489. The van der Waals surface area contributed by atoms with E-state index in [9.17, 15) is 9.59 Å². The summed E-state index contributed by atoms with van der Waals surface area (Å²) in [5.41, 5.74) is 7.99. The standard InChI is InChI=1S/C18H19BrN2O3S/c1-2-10-8-11(19)6-7-13(10)24-9-15(22)21-18-16(17(20)23)12-4-3-5-14(12)25-18/h6-8H,2-5,9H2,1H3,(H2,20,23)(H,21,22). The maximum atomic E-state index is 12.3. The molecule has 3 rings (SSSR count). The second-order valence-corrected chi connectivity index (χ2v) is 7.89. The highest BCUT2D eigenvalue weighted by atomic mass is 79.9. The molecular weight excluding hydrogens is 404 g/mol. The van der Waals surface area contributed by atoms with Crippen LogP contribution in [0.25, 0.3) is 0 Å². The quantitative estimate of drug-likeness (QED) is 0.744. The van der Waals surface area contributed by atoms with Gasteiger partial charge in [-0.15, -0.1) is 11.3 Å². The lowest BCUT2D eigenvalue weighted by Gasteiger charge is -2.11. The second-order valence-electron chi connectivity index (χ2n) is 5.87. The molecule has 0 bridgehead atoms. The zero-order valence-corrected chi connectivity index (χ0v) is 16.3. The molecule has 0 atom stereocenters. The predicted octanol–water partition coefficient (Wildman–Crippen LogP) is 3.68. The molecule has 0 radical (unpaired) electrons. The topological polar surface area (TPSA) is 81.4 Å². The van der Waals surface area contributed by atoms with Gasteiger partial charge in [0.05, 0.1) is 5.56 Å². The highest BCUT2D eigenvalue weighted by Crippen LogP contribution is 2.38. The molecule has 0 unspecified atom stereocenters. The number of benzene rings is 1. The van der Waals surface area contributed by atoms with E-state index < -0.39 is 5.91 Å². The minimum Gasteiger partial charge on any atom is -0.483 e. The Morgan fingerprint density at radius 3 is 2.88 bits per heavy atom. The van der Waals surface area contributed by atoms with Gasteiger partial charge in [0.25, 0.3) is 11.8 Å². The summed E-state index contributed by atoms with van der Waals surface area (Å²) < 4.78 is 6.62. The number of thiophene rings is 1. The van der Waals surface area contributed by atoms with Gasteiger partial charge in [0.1, 0.15) is 10.8 Å². The molecule has 3 N–H and O–H groups in total. The lowest BCUT2D eigenvalue weighted by molar-refractivity contribution is -0.118. The zero-order chi connectivity index (χ0) is 18.0. The Hall–Kier alpha value is -1.86. The maximum Gasteiger partial charge on any atom is 0.262 e. The van der Waals surface area contributed by atoms with E-state index in [1.54, 1.807) is 0 Å². The summed E-state index contributed by atoms with van der Waals surface area (Å²) in [5.74, 6) is -0.103. The zero-order valence-electron chi connectivity index (χ0n) is 13.9. The highest BCUT2D eigenvalue weighted by molar-refractivity contribution is 9.10. The maximum absolute atomic E-state index is 12.3. The van der Waals surface area contributed by atoms with Crippen LogP contribution in [-0.4, -0.2) is 18.4 Å². The van der Waals surface area contributed by atoms with Crippen molar-refractivity contribution < 1.29 is 14.3 Å². The van der Waals surface area contributed by atoms with E-state index in [1.165, 1.54) is 11.3 Å². The van der Waals surface area contributed by atoms with Crippen molar-refractivity contribution in [3.63, 3.8) is 0 Å². The SMILES string of the molecule is CCc1cc(Br)ccc1OCC(=O)Nc1sc2c(c1C(N)=O)CCC2. The summed E-state index contributed by atoms with van der Waals surface area (Å²) >= 11 is 4.87. The van der Waals surface area contributed by atoms with E-state index in [0.29, 0.717) is 16.3 Å².